The molecule has 0 saturated heterocycles. The summed E-state index contributed by atoms with van der Waals surface area (Å²) in [6, 6.07) is 1.60. The van der Waals surface area contributed by atoms with E-state index in [0.717, 1.165) is 17.8 Å². The maximum atomic E-state index is 13.1. The van der Waals surface area contributed by atoms with Crippen molar-refractivity contribution in [2.75, 3.05) is 19.8 Å². The molecule has 0 unspecified atom stereocenters. The predicted molar refractivity (Wildman–Crippen MR) is 91.1 cm³/mol. The van der Waals surface area contributed by atoms with Crippen LogP contribution in [0, 0.1) is 10.7 Å². The highest BCUT2D eigenvalue weighted by molar-refractivity contribution is 8.02. The van der Waals surface area contributed by atoms with Gasteiger partial charge in [0.1, 0.15) is 11.2 Å². The van der Waals surface area contributed by atoms with Gasteiger partial charge in [0.15, 0.2) is 0 Å². The van der Waals surface area contributed by atoms with Gasteiger partial charge in [-0.05, 0) is 38.6 Å². The molecule has 1 heterocycles. The van der Waals surface area contributed by atoms with E-state index in [4.69, 9.17) is 23.5 Å². The van der Waals surface area contributed by atoms with Gasteiger partial charge < -0.3 is 18.2 Å². The monoisotopic (exact) mass is 373 g/mol. The van der Waals surface area contributed by atoms with Crippen molar-refractivity contribution in [3.63, 3.8) is 0 Å². The van der Waals surface area contributed by atoms with E-state index in [1.807, 2.05) is 5.40 Å². The molecule has 0 aromatic carbocycles. The van der Waals surface area contributed by atoms with Crippen LogP contribution in [0.2, 0.25) is 0 Å². The Morgan fingerprint density at radius 3 is 2.54 bits per heavy atom. The second kappa shape index (κ2) is 10.4. The van der Waals surface area contributed by atoms with Crippen LogP contribution in [0.3, 0.4) is 0 Å². The fourth-order valence-corrected chi connectivity index (χ4v) is 3.91. The van der Waals surface area contributed by atoms with Crippen molar-refractivity contribution in [1.29, 1.82) is 5.26 Å². The first-order valence-electron chi connectivity index (χ1n) is 7.37. The molecular formula is C15H20NO6PS. The van der Waals surface area contributed by atoms with E-state index in [2.05, 4.69) is 0 Å². The molecule has 0 N–H and O–H groups in total. The van der Waals surface area contributed by atoms with Gasteiger partial charge in [0.2, 0.25) is 0 Å². The number of hydrogen-bond donors (Lipinski definition) is 0. The van der Waals surface area contributed by atoms with Crippen molar-refractivity contribution >= 4 is 30.6 Å². The van der Waals surface area contributed by atoms with E-state index in [1.165, 1.54) is 6.26 Å². The number of esters is 1. The molecule has 0 amide bonds. The Bertz CT molecular complexity index is 653. The highest BCUT2D eigenvalue weighted by Crippen LogP contribution is 2.60. The lowest BCUT2D eigenvalue weighted by molar-refractivity contribution is -0.137. The van der Waals surface area contributed by atoms with Gasteiger partial charge in [0.25, 0.3) is 0 Å². The molecule has 9 heteroatoms. The fourth-order valence-electron chi connectivity index (χ4n) is 1.83. The maximum Gasteiger partial charge on any atom is 0.362 e. The fraction of sp³-hybridized carbons (Fsp3) is 0.467. The number of carbonyl (C=O) groups excluding carboxylic acids is 1. The van der Waals surface area contributed by atoms with E-state index in [-0.39, 0.29) is 25.1 Å². The number of thiocyanates is 1. The van der Waals surface area contributed by atoms with Crippen LogP contribution < -0.4 is 0 Å². The summed E-state index contributed by atoms with van der Waals surface area (Å²) in [7, 11) is -3.71. The molecule has 1 aromatic heterocycles. The first kappa shape index (κ1) is 20.5. The second-order valence-corrected chi connectivity index (χ2v) is 7.05. The molecular weight excluding hydrogens is 353 g/mol. The summed E-state index contributed by atoms with van der Waals surface area (Å²) in [6.07, 6.45) is 2.45. The lowest BCUT2D eigenvalue weighted by atomic mass is 10.3. The minimum absolute atomic E-state index is 0.0709. The zero-order valence-corrected chi connectivity index (χ0v) is 15.5. The standard InChI is InChI=1S/C15H20NO6PS/c1-4-19-15(17)8-14(23(18,21-5-2)22-6-3)12-7-13(20-9-12)10-24-11-16/h7-9H,4-6,10H2,1-3H3. The van der Waals surface area contributed by atoms with Gasteiger partial charge in [-0.15, -0.1) is 0 Å². The Balaban J connectivity index is 3.27. The molecule has 7 nitrogen and oxygen atoms in total. The average Bonchev–Trinajstić information content (AvgIpc) is 2.99. The molecule has 0 spiro atoms. The third kappa shape index (κ3) is 5.84. The Morgan fingerprint density at radius 2 is 2.00 bits per heavy atom. The van der Waals surface area contributed by atoms with E-state index in [0.29, 0.717) is 17.1 Å². The van der Waals surface area contributed by atoms with Crippen LogP contribution in [0.1, 0.15) is 32.1 Å². The summed E-state index contributed by atoms with van der Waals surface area (Å²) in [5.74, 6) is 0.184. The molecule has 0 bridgehead atoms. The van der Waals surface area contributed by atoms with Gasteiger partial charge in [0.05, 0.1) is 37.2 Å². The topological polar surface area (TPSA) is 98.8 Å². The van der Waals surface area contributed by atoms with Crippen LogP contribution in [0.4, 0.5) is 0 Å². The quantitative estimate of drug-likeness (QED) is 0.261. The van der Waals surface area contributed by atoms with Gasteiger partial charge in [-0.1, -0.05) is 0 Å². The number of nitriles is 1. The maximum absolute atomic E-state index is 13.1. The minimum Gasteiger partial charge on any atom is -0.468 e. The number of rotatable bonds is 10. The van der Waals surface area contributed by atoms with Crippen molar-refractivity contribution in [3.8, 4) is 5.40 Å². The van der Waals surface area contributed by atoms with Crippen LogP contribution in [-0.2, 0) is 28.9 Å². The van der Waals surface area contributed by atoms with Crippen LogP contribution in [-0.4, -0.2) is 25.8 Å². The number of thioether (sulfide) groups is 1. The third-order valence-corrected chi connectivity index (χ3v) is 5.39. The van der Waals surface area contributed by atoms with Crippen molar-refractivity contribution in [2.45, 2.75) is 26.5 Å². The number of ether oxygens (including phenoxy) is 1. The first-order chi connectivity index (χ1) is 11.5. The summed E-state index contributed by atoms with van der Waals surface area (Å²) < 4.78 is 33.9. The smallest absolute Gasteiger partial charge is 0.362 e. The van der Waals surface area contributed by atoms with E-state index >= 15 is 0 Å². The van der Waals surface area contributed by atoms with Gasteiger partial charge in [-0.25, -0.2) is 4.79 Å². The van der Waals surface area contributed by atoms with Crippen molar-refractivity contribution < 1.29 is 27.6 Å². The van der Waals surface area contributed by atoms with Gasteiger partial charge in [-0.3, -0.25) is 4.57 Å². The highest BCUT2D eigenvalue weighted by Gasteiger charge is 2.33. The van der Waals surface area contributed by atoms with Crippen LogP contribution in [0.15, 0.2) is 22.8 Å². The predicted octanol–water partition coefficient (Wildman–Crippen LogP) is 4.16. The van der Waals surface area contributed by atoms with E-state index in [1.54, 1.807) is 26.8 Å². The van der Waals surface area contributed by atoms with Gasteiger partial charge >= 0.3 is 13.6 Å². The van der Waals surface area contributed by atoms with Crippen molar-refractivity contribution in [3.05, 3.63) is 29.7 Å². The molecule has 0 atom stereocenters. The first-order valence-corrected chi connectivity index (χ1v) is 9.90. The Kier molecular flexibility index (Phi) is 8.87. The van der Waals surface area contributed by atoms with Crippen LogP contribution in [0.5, 0.6) is 0 Å². The number of hydrogen-bond acceptors (Lipinski definition) is 8. The molecule has 0 aliphatic rings. The van der Waals surface area contributed by atoms with E-state index < -0.39 is 13.6 Å². The SMILES string of the molecule is CCOC(=O)C=C(c1coc(CSC#N)c1)P(=O)(OCC)OCC. The Labute approximate surface area is 145 Å². The van der Waals surface area contributed by atoms with Gasteiger partial charge in [0, 0.05) is 11.6 Å². The normalized spacial score (nSPS) is 12.0. The van der Waals surface area contributed by atoms with Gasteiger partial charge in [-0.2, -0.15) is 5.26 Å². The highest BCUT2D eigenvalue weighted by atomic mass is 32.2. The zero-order valence-electron chi connectivity index (χ0n) is 13.8. The molecule has 0 saturated carbocycles. The molecule has 1 aromatic rings. The minimum atomic E-state index is -3.71. The zero-order chi connectivity index (χ0) is 18.0. The Hall–Kier alpha value is -1.52. The molecule has 0 fully saturated rings. The average molecular weight is 373 g/mol. The summed E-state index contributed by atoms with van der Waals surface area (Å²) in [4.78, 5) is 11.9. The largest absolute Gasteiger partial charge is 0.468 e. The van der Waals surface area contributed by atoms with Crippen LogP contribution >= 0.6 is 19.4 Å². The third-order valence-electron chi connectivity index (χ3n) is 2.66. The molecule has 1 rings (SSSR count). The number of furan rings is 1. The molecule has 0 radical (unpaired) electrons. The van der Waals surface area contributed by atoms with E-state index in [9.17, 15) is 9.36 Å². The van der Waals surface area contributed by atoms with Crippen LogP contribution in [0.25, 0.3) is 5.31 Å². The second-order valence-electron chi connectivity index (χ2n) is 4.30. The molecule has 24 heavy (non-hydrogen) atoms. The molecule has 132 valence electrons. The Morgan fingerprint density at radius 1 is 1.33 bits per heavy atom. The summed E-state index contributed by atoms with van der Waals surface area (Å²) >= 11 is 1.01. The summed E-state index contributed by atoms with van der Waals surface area (Å²) in [5, 5.41) is 10.6. The molecule has 0 aliphatic carbocycles. The van der Waals surface area contributed by atoms with Crippen molar-refractivity contribution in [1.82, 2.24) is 0 Å². The summed E-state index contributed by atoms with van der Waals surface area (Å²) in [5.41, 5.74) is 0.391. The lowest BCUT2D eigenvalue weighted by Crippen LogP contribution is -2.04. The number of nitrogens with zero attached hydrogens (tertiary/aromatic N) is 1. The van der Waals surface area contributed by atoms with Crippen molar-refractivity contribution in [2.24, 2.45) is 0 Å². The molecule has 0 aliphatic heterocycles. The lowest BCUT2D eigenvalue weighted by Gasteiger charge is -2.19. The summed E-state index contributed by atoms with van der Waals surface area (Å²) in [6.45, 7) is 5.51. The number of carbonyl (C=O) groups is 1.